The van der Waals surface area contributed by atoms with E-state index < -0.39 is 0 Å². The second-order valence-electron chi connectivity index (χ2n) is 6.44. The Balaban J connectivity index is 0.00000288. The van der Waals surface area contributed by atoms with Crippen LogP contribution in [0.25, 0.3) is 0 Å². The van der Waals surface area contributed by atoms with Crippen molar-refractivity contribution in [2.45, 2.75) is 33.1 Å². The molecular weight excluding hydrogens is 357 g/mol. The number of nitrogens with one attached hydrogen (secondary N) is 1. The molecule has 25 heavy (non-hydrogen) atoms. The number of carbonyl (C=O) groups is 1. The van der Waals surface area contributed by atoms with Crippen LogP contribution >= 0.6 is 24.8 Å². The molecule has 0 spiro atoms. The number of piperidine rings is 1. The Morgan fingerprint density at radius 3 is 2.48 bits per heavy atom. The first-order valence-corrected chi connectivity index (χ1v) is 8.98. The van der Waals surface area contributed by atoms with Gasteiger partial charge in [0, 0.05) is 37.4 Å². The molecule has 144 valence electrons. The minimum absolute atomic E-state index is 0. The number of anilines is 1. The lowest BCUT2D eigenvalue weighted by molar-refractivity contribution is 0.0674. The SMILES string of the molecule is CCCN(CC)c1ccc(C(=O)N2CCCC(CNC)C2)cc1.Cl.Cl. The van der Waals surface area contributed by atoms with E-state index in [1.54, 1.807) is 0 Å². The molecule has 0 radical (unpaired) electrons. The van der Waals surface area contributed by atoms with Crippen molar-refractivity contribution in [3.63, 3.8) is 0 Å². The molecule has 6 heteroatoms. The van der Waals surface area contributed by atoms with Gasteiger partial charge in [-0.25, -0.2) is 0 Å². The van der Waals surface area contributed by atoms with Gasteiger partial charge in [0.15, 0.2) is 0 Å². The van der Waals surface area contributed by atoms with Crippen LogP contribution in [0.15, 0.2) is 24.3 Å². The largest absolute Gasteiger partial charge is 0.372 e. The number of nitrogens with zero attached hydrogens (tertiary/aromatic N) is 2. The molecule has 1 fully saturated rings. The molecule has 1 aliphatic rings. The van der Waals surface area contributed by atoms with E-state index in [1.165, 1.54) is 12.1 Å². The van der Waals surface area contributed by atoms with E-state index in [2.05, 4.69) is 36.2 Å². The number of carbonyl (C=O) groups excluding carboxylic acids is 1. The first-order valence-electron chi connectivity index (χ1n) is 8.98. The molecule has 1 atom stereocenters. The summed E-state index contributed by atoms with van der Waals surface area (Å²) in [6.45, 7) is 9.17. The number of rotatable bonds is 7. The Morgan fingerprint density at radius 2 is 1.92 bits per heavy atom. The van der Waals surface area contributed by atoms with E-state index in [1.807, 2.05) is 24.1 Å². The van der Waals surface area contributed by atoms with E-state index in [4.69, 9.17) is 0 Å². The van der Waals surface area contributed by atoms with E-state index >= 15 is 0 Å². The molecule has 4 nitrogen and oxygen atoms in total. The zero-order valence-corrected chi connectivity index (χ0v) is 17.3. The maximum absolute atomic E-state index is 12.7. The molecule has 1 amide bonds. The van der Waals surface area contributed by atoms with Crippen molar-refractivity contribution in [2.75, 3.05) is 44.7 Å². The highest BCUT2D eigenvalue weighted by Gasteiger charge is 2.24. The maximum atomic E-state index is 12.7. The molecule has 1 aromatic rings. The van der Waals surface area contributed by atoms with Gasteiger partial charge in [0.2, 0.25) is 0 Å². The van der Waals surface area contributed by atoms with Gasteiger partial charge in [-0.05, 0) is 70.0 Å². The Labute approximate surface area is 165 Å². The summed E-state index contributed by atoms with van der Waals surface area (Å²) in [4.78, 5) is 17.1. The topological polar surface area (TPSA) is 35.6 Å². The van der Waals surface area contributed by atoms with Gasteiger partial charge < -0.3 is 15.1 Å². The van der Waals surface area contributed by atoms with Crippen molar-refractivity contribution >= 4 is 36.4 Å². The highest BCUT2D eigenvalue weighted by atomic mass is 35.5. The molecule has 1 aliphatic heterocycles. The van der Waals surface area contributed by atoms with Gasteiger partial charge >= 0.3 is 0 Å². The van der Waals surface area contributed by atoms with E-state index in [0.29, 0.717) is 5.92 Å². The van der Waals surface area contributed by atoms with Crippen molar-refractivity contribution in [1.29, 1.82) is 0 Å². The summed E-state index contributed by atoms with van der Waals surface area (Å²) in [7, 11) is 1.98. The molecule has 1 unspecified atom stereocenters. The van der Waals surface area contributed by atoms with Crippen LogP contribution in [-0.2, 0) is 0 Å². The Kier molecular flexibility index (Phi) is 11.9. The molecule has 0 bridgehead atoms. The maximum Gasteiger partial charge on any atom is 0.253 e. The average molecular weight is 390 g/mol. The van der Waals surface area contributed by atoms with Crippen LogP contribution in [0.4, 0.5) is 5.69 Å². The van der Waals surface area contributed by atoms with Gasteiger partial charge in [0.25, 0.3) is 5.91 Å². The second-order valence-corrected chi connectivity index (χ2v) is 6.44. The van der Waals surface area contributed by atoms with Crippen LogP contribution in [0.3, 0.4) is 0 Å². The lowest BCUT2D eigenvalue weighted by Gasteiger charge is -2.33. The van der Waals surface area contributed by atoms with Gasteiger partial charge in [-0.3, -0.25) is 4.79 Å². The summed E-state index contributed by atoms with van der Waals surface area (Å²) >= 11 is 0. The molecule has 2 rings (SSSR count). The molecule has 1 aromatic carbocycles. The zero-order valence-electron chi connectivity index (χ0n) is 15.7. The fraction of sp³-hybridized carbons (Fsp3) is 0.632. The zero-order chi connectivity index (χ0) is 16.7. The smallest absolute Gasteiger partial charge is 0.253 e. The third kappa shape index (κ3) is 6.69. The van der Waals surface area contributed by atoms with Crippen LogP contribution < -0.4 is 10.2 Å². The summed E-state index contributed by atoms with van der Waals surface area (Å²) in [6.07, 6.45) is 3.46. The van der Waals surface area contributed by atoms with Gasteiger partial charge in [0.05, 0.1) is 0 Å². The Bertz CT molecular complexity index is 494. The molecule has 1 heterocycles. The predicted molar refractivity (Wildman–Crippen MR) is 112 cm³/mol. The molecule has 1 N–H and O–H groups in total. The second kappa shape index (κ2) is 12.4. The van der Waals surface area contributed by atoms with Crippen molar-refractivity contribution < 1.29 is 4.79 Å². The van der Waals surface area contributed by atoms with Crippen molar-refractivity contribution in [2.24, 2.45) is 5.92 Å². The standard InChI is InChI=1S/C19H31N3O.2ClH/c1-4-12-21(5-2)18-10-8-17(9-11-18)19(23)22-13-6-7-16(15-22)14-20-3;;/h8-11,16,20H,4-7,12-15H2,1-3H3;2*1H. The Hall–Kier alpha value is -0.970. The molecule has 0 aliphatic carbocycles. The molecule has 0 aromatic heterocycles. The lowest BCUT2D eigenvalue weighted by atomic mass is 9.97. The normalized spacial score (nSPS) is 16.6. The number of amides is 1. The van der Waals surface area contributed by atoms with Crippen LogP contribution in [0.1, 0.15) is 43.5 Å². The van der Waals surface area contributed by atoms with Crippen molar-refractivity contribution in [3.8, 4) is 0 Å². The minimum atomic E-state index is 0. The molecule has 0 saturated carbocycles. The fourth-order valence-corrected chi connectivity index (χ4v) is 3.44. The lowest BCUT2D eigenvalue weighted by Crippen LogP contribution is -2.42. The highest BCUT2D eigenvalue weighted by Crippen LogP contribution is 2.20. The monoisotopic (exact) mass is 389 g/mol. The summed E-state index contributed by atoms with van der Waals surface area (Å²) in [5.41, 5.74) is 2.02. The Morgan fingerprint density at radius 1 is 1.24 bits per heavy atom. The average Bonchev–Trinajstić information content (AvgIpc) is 2.60. The van der Waals surface area contributed by atoms with E-state index in [0.717, 1.165) is 51.1 Å². The van der Waals surface area contributed by atoms with E-state index in [-0.39, 0.29) is 30.7 Å². The van der Waals surface area contributed by atoms with Gasteiger partial charge in [0.1, 0.15) is 0 Å². The van der Waals surface area contributed by atoms with Gasteiger partial charge in [-0.1, -0.05) is 6.92 Å². The van der Waals surface area contributed by atoms with Gasteiger partial charge in [-0.2, -0.15) is 0 Å². The third-order valence-electron chi connectivity index (χ3n) is 4.65. The first-order chi connectivity index (χ1) is 11.2. The fourth-order valence-electron chi connectivity index (χ4n) is 3.44. The van der Waals surface area contributed by atoms with Gasteiger partial charge in [-0.15, -0.1) is 24.8 Å². The predicted octanol–water partition coefficient (Wildman–Crippen LogP) is 3.84. The van der Waals surface area contributed by atoms with Crippen LogP contribution in [0.2, 0.25) is 0 Å². The summed E-state index contributed by atoms with van der Waals surface area (Å²) in [6, 6.07) is 8.14. The van der Waals surface area contributed by atoms with E-state index in [9.17, 15) is 4.79 Å². The summed E-state index contributed by atoms with van der Waals surface area (Å²) in [5.74, 6) is 0.757. The first kappa shape index (κ1) is 24.0. The van der Waals surface area contributed by atoms with Crippen LogP contribution in [-0.4, -0.2) is 50.6 Å². The summed E-state index contributed by atoms with van der Waals surface area (Å²) in [5, 5.41) is 3.23. The highest BCUT2D eigenvalue weighted by molar-refractivity contribution is 5.94. The number of likely N-dealkylation sites (tertiary alicyclic amines) is 1. The number of halogens is 2. The molecule has 1 saturated heterocycles. The quantitative estimate of drug-likeness (QED) is 0.769. The number of hydrogen-bond donors (Lipinski definition) is 1. The van der Waals surface area contributed by atoms with Crippen LogP contribution in [0, 0.1) is 5.92 Å². The van der Waals surface area contributed by atoms with Crippen LogP contribution in [0.5, 0.6) is 0 Å². The van der Waals surface area contributed by atoms with Crippen molar-refractivity contribution in [3.05, 3.63) is 29.8 Å². The molecular formula is C19H33Cl2N3O. The number of benzene rings is 1. The summed E-state index contributed by atoms with van der Waals surface area (Å²) < 4.78 is 0. The number of hydrogen-bond acceptors (Lipinski definition) is 3. The van der Waals surface area contributed by atoms with Crippen molar-refractivity contribution in [1.82, 2.24) is 10.2 Å². The minimum Gasteiger partial charge on any atom is -0.372 e. The third-order valence-corrected chi connectivity index (χ3v) is 4.65.